The van der Waals surface area contributed by atoms with Crippen LogP contribution in [-0.2, 0) is 30.2 Å². The van der Waals surface area contributed by atoms with Crippen LogP contribution in [0.1, 0.15) is 22.3 Å². The van der Waals surface area contributed by atoms with Gasteiger partial charge in [-0.2, -0.15) is 31.3 Å². The van der Waals surface area contributed by atoms with Gasteiger partial charge in [-0.3, -0.25) is 0 Å². The largest absolute Gasteiger partial charge is 0.492 e. The molecule has 6 nitrogen and oxygen atoms in total. The summed E-state index contributed by atoms with van der Waals surface area (Å²) in [5.74, 6) is -0.971. The van der Waals surface area contributed by atoms with Crippen molar-refractivity contribution < 1.29 is 41.0 Å². The van der Waals surface area contributed by atoms with Crippen LogP contribution in [0.5, 0.6) is 5.88 Å². The number of nitrogens with zero attached hydrogens (tertiary/aromatic N) is 2. The Bertz CT molecular complexity index is 1090. The molecule has 1 aromatic heterocycles. The van der Waals surface area contributed by atoms with Gasteiger partial charge in [0.05, 0.1) is 17.3 Å². The van der Waals surface area contributed by atoms with E-state index in [4.69, 9.17) is 4.74 Å². The van der Waals surface area contributed by atoms with Crippen molar-refractivity contribution in [3.63, 3.8) is 0 Å². The number of halogens is 6. The summed E-state index contributed by atoms with van der Waals surface area (Å²) in [5.41, 5.74) is -2.79. The zero-order valence-electron chi connectivity index (χ0n) is 16.0. The second kappa shape index (κ2) is 8.81. The lowest BCUT2D eigenvalue weighted by Crippen LogP contribution is -2.18. The van der Waals surface area contributed by atoms with E-state index in [9.17, 15) is 36.2 Å². The summed E-state index contributed by atoms with van der Waals surface area (Å²) < 4.78 is 84.1. The Morgan fingerprint density at radius 1 is 1.03 bits per heavy atom. The highest BCUT2D eigenvalue weighted by molar-refractivity contribution is 5.74. The molecular formula is C20H15F6N3O3. The first-order valence-corrected chi connectivity index (χ1v) is 8.96. The lowest BCUT2D eigenvalue weighted by molar-refractivity contribution is -0.143. The summed E-state index contributed by atoms with van der Waals surface area (Å²) in [6, 6.07) is 9.81. The molecule has 0 aliphatic rings. The van der Waals surface area contributed by atoms with Crippen molar-refractivity contribution in [1.82, 2.24) is 9.55 Å². The van der Waals surface area contributed by atoms with E-state index in [-0.39, 0.29) is 18.6 Å². The third kappa shape index (κ3) is 5.50. The van der Waals surface area contributed by atoms with E-state index >= 15 is 0 Å². The minimum absolute atomic E-state index is 0.00901. The molecule has 0 fully saturated rings. The number of benzene rings is 2. The number of hydrogen-bond acceptors (Lipinski definition) is 5. The van der Waals surface area contributed by atoms with Crippen LogP contribution in [-0.4, -0.2) is 20.8 Å². The molecule has 0 aliphatic heterocycles. The first kappa shape index (κ1) is 23.0. The molecule has 0 aliphatic carbocycles. The molecule has 0 atom stereocenters. The standard InChI is InChI=1S/C20H15F6N3O3/c21-19(22,23)14-7-6-13(15(8-14)20(24,25)26)9-27-17-28-16(30)10-29(17)18(31)32-11-12-4-2-1-3-5-12/h1-8,10,30H,9,11H2,(H,27,28). The molecule has 3 rings (SSSR count). The molecule has 0 radical (unpaired) electrons. The lowest BCUT2D eigenvalue weighted by atomic mass is 10.0. The van der Waals surface area contributed by atoms with Gasteiger partial charge in [0.2, 0.25) is 11.8 Å². The molecule has 0 unspecified atom stereocenters. The summed E-state index contributed by atoms with van der Waals surface area (Å²) in [5, 5.41) is 12.0. The van der Waals surface area contributed by atoms with Gasteiger partial charge < -0.3 is 15.2 Å². The van der Waals surface area contributed by atoms with E-state index in [1.54, 1.807) is 30.3 Å². The van der Waals surface area contributed by atoms with Gasteiger partial charge in [-0.15, -0.1) is 0 Å². The Morgan fingerprint density at radius 3 is 2.34 bits per heavy atom. The van der Waals surface area contributed by atoms with Crippen molar-refractivity contribution >= 4 is 12.0 Å². The molecule has 2 aromatic carbocycles. The van der Waals surface area contributed by atoms with Gasteiger partial charge in [0.25, 0.3) is 0 Å². The highest BCUT2D eigenvalue weighted by Gasteiger charge is 2.38. The SMILES string of the molecule is O=C(OCc1ccccc1)n1cc(O)nc1NCc1ccc(C(F)(F)F)cc1C(F)(F)F. The Kier molecular flexibility index (Phi) is 6.32. The van der Waals surface area contributed by atoms with Crippen molar-refractivity contribution in [2.45, 2.75) is 25.5 Å². The number of hydrogen-bond donors (Lipinski definition) is 2. The van der Waals surface area contributed by atoms with Crippen LogP contribution in [0.3, 0.4) is 0 Å². The van der Waals surface area contributed by atoms with Crippen molar-refractivity contribution in [1.29, 1.82) is 0 Å². The Morgan fingerprint density at radius 2 is 1.72 bits per heavy atom. The zero-order valence-corrected chi connectivity index (χ0v) is 16.0. The Hall–Kier alpha value is -3.70. The first-order valence-electron chi connectivity index (χ1n) is 8.96. The Balaban J connectivity index is 1.78. The highest BCUT2D eigenvalue weighted by Crippen LogP contribution is 2.37. The number of aromatic hydroxyl groups is 1. The smallest absolute Gasteiger partial charge is 0.421 e. The van der Waals surface area contributed by atoms with E-state index in [0.717, 1.165) is 10.8 Å². The molecule has 2 N–H and O–H groups in total. The summed E-state index contributed by atoms with van der Waals surface area (Å²) in [6.45, 7) is -0.745. The second-order valence-corrected chi connectivity index (χ2v) is 6.55. The van der Waals surface area contributed by atoms with Crippen molar-refractivity contribution in [2.24, 2.45) is 0 Å². The normalized spacial score (nSPS) is 11.9. The van der Waals surface area contributed by atoms with Gasteiger partial charge in [0, 0.05) is 6.54 Å². The number of carbonyl (C=O) groups is 1. The summed E-state index contributed by atoms with van der Waals surface area (Å²) in [7, 11) is 0. The Labute approximate surface area is 177 Å². The fourth-order valence-corrected chi connectivity index (χ4v) is 2.77. The third-order valence-corrected chi connectivity index (χ3v) is 4.27. The number of nitrogens with one attached hydrogen (secondary N) is 1. The number of rotatable bonds is 5. The molecule has 0 spiro atoms. The molecule has 0 bridgehead atoms. The van der Waals surface area contributed by atoms with Gasteiger partial charge in [0.1, 0.15) is 6.61 Å². The number of aromatic nitrogens is 2. The average Bonchev–Trinajstić information content (AvgIpc) is 3.10. The van der Waals surface area contributed by atoms with E-state index in [1.807, 2.05) is 0 Å². The topological polar surface area (TPSA) is 76.4 Å². The summed E-state index contributed by atoms with van der Waals surface area (Å²) in [6.07, 6.45) is -10.1. The highest BCUT2D eigenvalue weighted by atomic mass is 19.4. The number of imidazole rings is 1. The number of alkyl halides is 6. The quantitative estimate of drug-likeness (QED) is 0.498. The minimum Gasteiger partial charge on any atom is -0.492 e. The molecule has 0 saturated heterocycles. The molecule has 1 heterocycles. The zero-order chi connectivity index (χ0) is 23.5. The first-order chi connectivity index (χ1) is 14.9. The molecular weight excluding hydrogens is 444 g/mol. The van der Waals surface area contributed by atoms with E-state index in [2.05, 4.69) is 10.3 Å². The number of anilines is 1. The van der Waals surface area contributed by atoms with Crippen molar-refractivity contribution in [2.75, 3.05) is 5.32 Å². The molecule has 3 aromatic rings. The predicted octanol–water partition coefficient (Wildman–Crippen LogP) is 5.42. The maximum Gasteiger partial charge on any atom is 0.421 e. The van der Waals surface area contributed by atoms with Crippen LogP contribution in [0.25, 0.3) is 0 Å². The van der Waals surface area contributed by atoms with Gasteiger partial charge >= 0.3 is 18.4 Å². The maximum atomic E-state index is 13.3. The maximum absolute atomic E-state index is 13.3. The number of carbonyl (C=O) groups excluding carboxylic acids is 1. The monoisotopic (exact) mass is 459 g/mol. The molecule has 0 saturated carbocycles. The fourth-order valence-electron chi connectivity index (χ4n) is 2.77. The van der Waals surface area contributed by atoms with Gasteiger partial charge in [-0.05, 0) is 23.3 Å². The number of ether oxygens (including phenoxy) is 1. The molecule has 12 heteroatoms. The minimum atomic E-state index is -5.05. The second-order valence-electron chi connectivity index (χ2n) is 6.55. The van der Waals surface area contributed by atoms with E-state index in [1.165, 1.54) is 0 Å². The van der Waals surface area contributed by atoms with Crippen LogP contribution in [0, 0.1) is 0 Å². The van der Waals surface area contributed by atoms with Crippen LogP contribution in [0.4, 0.5) is 37.1 Å². The molecule has 32 heavy (non-hydrogen) atoms. The van der Waals surface area contributed by atoms with Crippen LogP contribution >= 0.6 is 0 Å². The van der Waals surface area contributed by atoms with Gasteiger partial charge in [0.15, 0.2) is 0 Å². The average molecular weight is 459 g/mol. The molecule has 170 valence electrons. The van der Waals surface area contributed by atoms with E-state index < -0.39 is 47.6 Å². The third-order valence-electron chi connectivity index (χ3n) is 4.27. The lowest BCUT2D eigenvalue weighted by Gasteiger charge is -2.16. The predicted molar refractivity (Wildman–Crippen MR) is 99.7 cm³/mol. The van der Waals surface area contributed by atoms with Crippen LogP contribution in [0.2, 0.25) is 0 Å². The fraction of sp³-hybridized carbons (Fsp3) is 0.200. The molecule has 0 amide bonds. The summed E-state index contributed by atoms with van der Waals surface area (Å²) in [4.78, 5) is 15.9. The van der Waals surface area contributed by atoms with Gasteiger partial charge in [-0.25, -0.2) is 9.36 Å². The van der Waals surface area contributed by atoms with Crippen molar-refractivity contribution in [3.8, 4) is 5.88 Å². The van der Waals surface area contributed by atoms with Crippen LogP contribution < -0.4 is 5.32 Å². The van der Waals surface area contributed by atoms with E-state index in [0.29, 0.717) is 17.7 Å². The van der Waals surface area contributed by atoms with Crippen molar-refractivity contribution in [3.05, 3.63) is 77.0 Å². The summed E-state index contributed by atoms with van der Waals surface area (Å²) >= 11 is 0. The van der Waals surface area contributed by atoms with Crippen LogP contribution in [0.15, 0.2) is 54.7 Å². The van der Waals surface area contributed by atoms with Gasteiger partial charge in [-0.1, -0.05) is 36.4 Å².